The Bertz CT molecular complexity index is 859. The van der Waals surface area contributed by atoms with E-state index in [9.17, 15) is 8.42 Å². The molecule has 5 nitrogen and oxygen atoms in total. The minimum atomic E-state index is -3.47. The van der Waals surface area contributed by atoms with Gasteiger partial charge in [0.1, 0.15) is 0 Å². The lowest BCUT2D eigenvalue weighted by molar-refractivity contribution is 0.469. The molecule has 1 saturated heterocycles. The van der Waals surface area contributed by atoms with Gasteiger partial charge in [0.05, 0.1) is 17.4 Å². The molecule has 0 spiro atoms. The van der Waals surface area contributed by atoms with Gasteiger partial charge in [-0.15, -0.1) is 0 Å². The van der Waals surface area contributed by atoms with Crippen LogP contribution in [0.25, 0.3) is 0 Å². The van der Waals surface area contributed by atoms with Crippen molar-refractivity contribution in [3.8, 4) is 6.07 Å². The van der Waals surface area contributed by atoms with E-state index < -0.39 is 10.0 Å². The predicted octanol–water partition coefficient (Wildman–Crippen LogP) is 1.81. The van der Waals surface area contributed by atoms with Crippen LogP contribution in [0.4, 0.5) is 0 Å². The lowest BCUT2D eigenvalue weighted by Crippen LogP contribution is -2.33. The quantitative estimate of drug-likeness (QED) is 0.919. The zero-order valence-corrected chi connectivity index (χ0v) is 14.0. The highest BCUT2D eigenvalue weighted by Gasteiger charge is 2.37. The molecule has 1 aliphatic heterocycles. The first kappa shape index (κ1) is 16.7. The summed E-state index contributed by atoms with van der Waals surface area (Å²) < 4.78 is 26.9. The third-order valence-electron chi connectivity index (χ3n) is 4.36. The zero-order chi connectivity index (χ0) is 17.2. The van der Waals surface area contributed by atoms with E-state index in [4.69, 9.17) is 11.0 Å². The fourth-order valence-electron chi connectivity index (χ4n) is 3.10. The molecule has 1 heterocycles. The van der Waals surface area contributed by atoms with E-state index in [-0.39, 0.29) is 17.7 Å². The normalized spacial score (nSPS) is 21.5. The first-order valence-electron chi connectivity index (χ1n) is 7.77. The SMILES string of the molecule is N#Cc1cccc(CS(=O)(=O)N2C[C@@H](N)[C@H](c3ccccc3)C2)c1. The summed E-state index contributed by atoms with van der Waals surface area (Å²) in [7, 11) is -3.47. The molecule has 0 saturated carbocycles. The molecule has 2 aromatic carbocycles. The van der Waals surface area contributed by atoms with Gasteiger partial charge >= 0.3 is 0 Å². The van der Waals surface area contributed by atoms with Gasteiger partial charge in [0, 0.05) is 25.0 Å². The highest BCUT2D eigenvalue weighted by Crippen LogP contribution is 2.29. The Balaban J connectivity index is 1.77. The van der Waals surface area contributed by atoms with Gasteiger partial charge in [-0.05, 0) is 23.3 Å². The van der Waals surface area contributed by atoms with E-state index in [1.54, 1.807) is 24.3 Å². The molecule has 1 fully saturated rings. The number of rotatable bonds is 4. The zero-order valence-electron chi connectivity index (χ0n) is 13.2. The van der Waals surface area contributed by atoms with Crippen molar-refractivity contribution in [3.05, 3.63) is 71.3 Å². The topological polar surface area (TPSA) is 87.2 Å². The molecular weight excluding hydrogens is 322 g/mol. The van der Waals surface area contributed by atoms with E-state index in [1.807, 2.05) is 36.4 Å². The van der Waals surface area contributed by atoms with Crippen LogP contribution in [0.3, 0.4) is 0 Å². The van der Waals surface area contributed by atoms with Crippen LogP contribution in [-0.4, -0.2) is 31.9 Å². The molecule has 2 N–H and O–H groups in total. The third-order valence-corrected chi connectivity index (χ3v) is 6.14. The average molecular weight is 341 g/mol. The van der Waals surface area contributed by atoms with Gasteiger partial charge < -0.3 is 5.73 Å². The van der Waals surface area contributed by atoms with E-state index in [1.165, 1.54) is 4.31 Å². The van der Waals surface area contributed by atoms with Crippen LogP contribution in [0.1, 0.15) is 22.6 Å². The highest BCUT2D eigenvalue weighted by molar-refractivity contribution is 7.88. The molecule has 1 aliphatic rings. The minimum Gasteiger partial charge on any atom is -0.326 e. The summed E-state index contributed by atoms with van der Waals surface area (Å²) in [5.41, 5.74) is 8.33. The van der Waals surface area contributed by atoms with E-state index in [0.717, 1.165) is 5.56 Å². The maximum atomic E-state index is 12.7. The van der Waals surface area contributed by atoms with Gasteiger partial charge in [0.15, 0.2) is 0 Å². The molecule has 6 heteroatoms. The molecule has 0 aliphatic carbocycles. The van der Waals surface area contributed by atoms with Gasteiger partial charge in [-0.1, -0.05) is 42.5 Å². The smallest absolute Gasteiger partial charge is 0.218 e. The second-order valence-corrected chi connectivity index (χ2v) is 8.04. The lowest BCUT2D eigenvalue weighted by Gasteiger charge is -2.16. The summed E-state index contributed by atoms with van der Waals surface area (Å²) in [6.45, 7) is 0.714. The number of nitrogens with zero attached hydrogens (tertiary/aromatic N) is 2. The Kier molecular flexibility index (Phi) is 4.67. The van der Waals surface area contributed by atoms with Crippen LogP contribution >= 0.6 is 0 Å². The molecule has 24 heavy (non-hydrogen) atoms. The fourth-order valence-corrected chi connectivity index (χ4v) is 4.67. The Hall–Kier alpha value is -2.20. The summed E-state index contributed by atoms with van der Waals surface area (Å²) in [6, 6.07) is 18.3. The van der Waals surface area contributed by atoms with Crippen molar-refractivity contribution in [2.24, 2.45) is 5.73 Å². The second kappa shape index (κ2) is 6.73. The van der Waals surface area contributed by atoms with Crippen molar-refractivity contribution in [2.45, 2.75) is 17.7 Å². The molecule has 3 rings (SSSR count). The maximum absolute atomic E-state index is 12.7. The highest BCUT2D eigenvalue weighted by atomic mass is 32.2. The molecular formula is C18H19N3O2S. The van der Waals surface area contributed by atoms with Crippen molar-refractivity contribution < 1.29 is 8.42 Å². The minimum absolute atomic E-state index is 0.00594. The van der Waals surface area contributed by atoms with Crippen molar-refractivity contribution in [1.82, 2.24) is 4.31 Å². The number of sulfonamides is 1. The van der Waals surface area contributed by atoms with Crippen LogP contribution in [0, 0.1) is 11.3 Å². The first-order valence-corrected chi connectivity index (χ1v) is 9.38. The monoisotopic (exact) mass is 341 g/mol. The van der Waals surface area contributed by atoms with Crippen LogP contribution in [0.5, 0.6) is 0 Å². The van der Waals surface area contributed by atoms with Gasteiger partial charge in [0.25, 0.3) is 0 Å². The number of hydrogen-bond acceptors (Lipinski definition) is 4. The maximum Gasteiger partial charge on any atom is 0.218 e. The standard InChI is InChI=1S/C18H19N3O2S/c19-10-14-5-4-6-15(9-14)13-24(22,23)21-11-17(18(20)12-21)16-7-2-1-3-8-16/h1-9,17-18H,11-13,20H2/t17-,18+/m0/s1. The largest absolute Gasteiger partial charge is 0.326 e. The summed E-state index contributed by atoms with van der Waals surface area (Å²) in [5, 5.41) is 8.94. The molecule has 0 bridgehead atoms. The van der Waals surface area contributed by atoms with Crippen molar-refractivity contribution in [3.63, 3.8) is 0 Å². The Morgan fingerprint density at radius 3 is 2.58 bits per heavy atom. The van der Waals surface area contributed by atoms with E-state index in [0.29, 0.717) is 24.2 Å². The van der Waals surface area contributed by atoms with Crippen LogP contribution in [0.15, 0.2) is 54.6 Å². The van der Waals surface area contributed by atoms with Gasteiger partial charge in [-0.2, -0.15) is 9.57 Å². The van der Waals surface area contributed by atoms with Gasteiger partial charge in [-0.25, -0.2) is 8.42 Å². The molecule has 0 aromatic heterocycles. The lowest BCUT2D eigenvalue weighted by atomic mass is 9.95. The summed E-state index contributed by atoms with van der Waals surface area (Å²) in [4.78, 5) is 0. The number of nitriles is 1. The summed E-state index contributed by atoms with van der Waals surface area (Å²) >= 11 is 0. The molecule has 2 atom stereocenters. The van der Waals surface area contributed by atoms with Crippen molar-refractivity contribution >= 4 is 10.0 Å². The molecule has 2 aromatic rings. The Morgan fingerprint density at radius 1 is 1.12 bits per heavy atom. The Labute approximate surface area is 142 Å². The number of benzene rings is 2. The summed E-state index contributed by atoms with van der Waals surface area (Å²) in [6.07, 6.45) is 0. The number of nitrogens with two attached hydrogens (primary N) is 1. The van der Waals surface area contributed by atoms with Gasteiger partial charge in [-0.3, -0.25) is 0 Å². The van der Waals surface area contributed by atoms with Crippen molar-refractivity contribution in [2.75, 3.05) is 13.1 Å². The molecule has 0 radical (unpaired) electrons. The fraction of sp³-hybridized carbons (Fsp3) is 0.278. The van der Waals surface area contributed by atoms with Gasteiger partial charge in [0.2, 0.25) is 10.0 Å². The first-order chi connectivity index (χ1) is 11.5. The molecule has 0 amide bonds. The van der Waals surface area contributed by atoms with E-state index in [2.05, 4.69) is 0 Å². The van der Waals surface area contributed by atoms with Crippen LogP contribution in [-0.2, 0) is 15.8 Å². The second-order valence-electron chi connectivity index (χ2n) is 6.07. The predicted molar refractivity (Wildman–Crippen MR) is 92.5 cm³/mol. The van der Waals surface area contributed by atoms with E-state index >= 15 is 0 Å². The van der Waals surface area contributed by atoms with Crippen molar-refractivity contribution in [1.29, 1.82) is 5.26 Å². The Morgan fingerprint density at radius 2 is 1.88 bits per heavy atom. The summed E-state index contributed by atoms with van der Waals surface area (Å²) in [5.74, 6) is -0.108. The van der Waals surface area contributed by atoms with Crippen LogP contribution < -0.4 is 5.73 Å². The number of hydrogen-bond donors (Lipinski definition) is 1. The third kappa shape index (κ3) is 3.49. The van der Waals surface area contributed by atoms with Crippen LogP contribution in [0.2, 0.25) is 0 Å². The molecule has 124 valence electrons. The average Bonchev–Trinajstić information content (AvgIpc) is 2.98. The molecule has 0 unspecified atom stereocenters.